The number of Topliss-reactive ketones (excluding diaryl/α,β-unsaturated/α-hetero) is 1. The number of fused-ring (bicyclic) bond motifs is 1. The largest absolute Gasteiger partial charge is 0.495 e. The Bertz CT molecular complexity index is 531. The van der Waals surface area contributed by atoms with Crippen molar-refractivity contribution in [2.75, 3.05) is 20.2 Å². The molecule has 1 heterocycles. The van der Waals surface area contributed by atoms with Crippen LogP contribution in [0.25, 0.3) is 10.9 Å². The average Bonchev–Trinajstić information content (AvgIpc) is 2.79. The van der Waals surface area contributed by atoms with Crippen LogP contribution in [0.3, 0.4) is 0 Å². The van der Waals surface area contributed by atoms with Crippen molar-refractivity contribution in [2.24, 2.45) is 0 Å². The molecule has 90 valence electrons. The summed E-state index contributed by atoms with van der Waals surface area (Å²) in [7, 11) is 1.62. The van der Waals surface area contributed by atoms with Gasteiger partial charge in [-0.1, -0.05) is 19.1 Å². The summed E-state index contributed by atoms with van der Waals surface area (Å²) in [5.41, 5.74) is 1.58. The van der Waals surface area contributed by atoms with Gasteiger partial charge in [0.2, 0.25) is 0 Å². The molecule has 0 saturated carbocycles. The van der Waals surface area contributed by atoms with Crippen molar-refractivity contribution in [3.63, 3.8) is 0 Å². The van der Waals surface area contributed by atoms with E-state index in [-0.39, 0.29) is 5.78 Å². The molecule has 4 heteroatoms. The molecule has 2 N–H and O–H groups in total. The Balaban J connectivity index is 2.39. The van der Waals surface area contributed by atoms with Gasteiger partial charge in [-0.25, -0.2) is 0 Å². The molecule has 2 aromatic rings. The lowest BCUT2D eigenvalue weighted by molar-refractivity contribution is 0.0993. The predicted molar refractivity (Wildman–Crippen MR) is 67.7 cm³/mol. The second-order valence-electron chi connectivity index (χ2n) is 3.79. The van der Waals surface area contributed by atoms with Crippen LogP contribution in [0.5, 0.6) is 5.75 Å². The Hall–Kier alpha value is -1.81. The lowest BCUT2D eigenvalue weighted by Gasteiger charge is -2.02. The fourth-order valence-corrected chi connectivity index (χ4v) is 1.86. The third-order valence-electron chi connectivity index (χ3n) is 2.73. The summed E-state index contributed by atoms with van der Waals surface area (Å²) < 4.78 is 5.24. The molecule has 0 unspecified atom stereocenters. The van der Waals surface area contributed by atoms with Crippen LogP contribution in [0.4, 0.5) is 0 Å². The normalized spacial score (nSPS) is 10.7. The Morgan fingerprint density at radius 3 is 3.00 bits per heavy atom. The van der Waals surface area contributed by atoms with Gasteiger partial charge in [-0.3, -0.25) is 4.79 Å². The molecular formula is C13H16N2O2. The third kappa shape index (κ3) is 2.17. The van der Waals surface area contributed by atoms with Gasteiger partial charge in [0.25, 0.3) is 0 Å². The number of carbonyl (C=O) groups is 1. The molecule has 0 fully saturated rings. The van der Waals surface area contributed by atoms with Gasteiger partial charge in [-0.15, -0.1) is 0 Å². The maximum absolute atomic E-state index is 12.0. The number of rotatable bonds is 5. The Morgan fingerprint density at radius 2 is 2.29 bits per heavy atom. The van der Waals surface area contributed by atoms with E-state index in [1.165, 1.54) is 0 Å². The van der Waals surface area contributed by atoms with Crippen LogP contribution in [-0.4, -0.2) is 31.0 Å². The number of H-pyrrole nitrogens is 1. The monoisotopic (exact) mass is 232 g/mol. The lowest BCUT2D eigenvalue weighted by Crippen LogP contribution is -2.22. The fourth-order valence-electron chi connectivity index (χ4n) is 1.86. The summed E-state index contributed by atoms with van der Waals surface area (Å²) in [6.45, 7) is 3.13. The van der Waals surface area contributed by atoms with Gasteiger partial charge in [-0.2, -0.15) is 0 Å². The fraction of sp³-hybridized carbons (Fsp3) is 0.308. The molecule has 0 amide bonds. The summed E-state index contributed by atoms with van der Waals surface area (Å²) in [5.74, 6) is 0.844. The summed E-state index contributed by atoms with van der Waals surface area (Å²) in [6, 6.07) is 5.68. The molecule has 1 aromatic heterocycles. The van der Waals surface area contributed by atoms with Crippen molar-refractivity contribution < 1.29 is 9.53 Å². The molecule has 0 aliphatic carbocycles. The number of methoxy groups -OCH3 is 1. The number of hydrogen-bond donors (Lipinski definition) is 2. The van der Waals surface area contributed by atoms with Crippen molar-refractivity contribution in [3.05, 3.63) is 30.0 Å². The van der Waals surface area contributed by atoms with Crippen molar-refractivity contribution in [3.8, 4) is 5.75 Å². The van der Waals surface area contributed by atoms with E-state index in [1.807, 2.05) is 25.1 Å². The Kier molecular flexibility index (Phi) is 3.44. The zero-order valence-electron chi connectivity index (χ0n) is 10.0. The minimum absolute atomic E-state index is 0.0892. The smallest absolute Gasteiger partial charge is 0.178 e. The maximum atomic E-state index is 12.0. The third-order valence-corrected chi connectivity index (χ3v) is 2.73. The predicted octanol–water partition coefficient (Wildman–Crippen LogP) is 1.97. The van der Waals surface area contributed by atoms with Gasteiger partial charge in [0.15, 0.2) is 5.78 Å². The van der Waals surface area contributed by atoms with Crippen LogP contribution in [0.2, 0.25) is 0 Å². The van der Waals surface area contributed by atoms with Crippen molar-refractivity contribution in [1.82, 2.24) is 10.3 Å². The zero-order chi connectivity index (χ0) is 12.3. The minimum atomic E-state index is 0.0892. The molecule has 0 radical (unpaired) electrons. The van der Waals surface area contributed by atoms with Gasteiger partial charge < -0.3 is 15.0 Å². The molecule has 1 aromatic carbocycles. The number of benzene rings is 1. The van der Waals surface area contributed by atoms with E-state index in [9.17, 15) is 4.79 Å². The molecule has 0 aliphatic rings. The summed E-state index contributed by atoms with van der Waals surface area (Å²) in [6.07, 6.45) is 1.74. The first-order valence-electron chi connectivity index (χ1n) is 5.66. The van der Waals surface area contributed by atoms with E-state index in [4.69, 9.17) is 4.74 Å². The first-order valence-corrected chi connectivity index (χ1v) is 5.66. The number of aromatic nitrogens is 1. The van der Waals surface area contributed by atoms with Crippen LogP contribution >= 0.6 is 0 Å². The van der Waals surface area contributed by atoms with Crippen LogP contribution in [0.1, 0.15) is 17.3 Å². The van der Waals surface area contributed by atoms with Gasteiger partial charge in [0.1, 0.15) is 5.75 Å². The molecule has 0 bridgehead atoms. The van der Waals surface area contributed by atoms with Gasteiger partial charge in [-0.05, 0) is 12.6 Å². The van der Waals surface area contributed by atoms with Crippen molar-refractivity contribution in [2.45, 2.75) is 6.92 Å². The molecule has 4 nitrogen and oxygen atoms in total. The van der Waals surface area contributed by atoms with E-state index >= 15 is 0 Å². The standard InChI is InChI=1S/C13H16N2O2/c1-3-14-8-11(16)10-7-15-13-9(10)5-4-6-12(13)17-2/h4-7,14-15H,3,8H2,1-2H3. The van der Waals surface area contributed by atoms with Crippen LogP contribution < -0.4 is 10.1 Å². The van der Waals surface area contributed by atoms with Crippen molar-refractivity contribution in [1.29, 1.82) is 0 Å². The molecular weight excluding hydrogens is 216 g/mol. The van der Waals surface area contributed by atoms with E-state index in [2.05, 4.69) is 10.3 Å². The summed E-state index contributed by atoms with van der Waals surface area (Å²) >= 11 is 0. The number of ketones is 1. The molecule has 0 atom stereocenters. The first-order chi connectivity index (χ1) is 8.27. The topological polar surface area (TPSA) is 54.1 Å². The van der Waals surface area contributed by atoms with Gasteiger partial charge in [0.05, 0.1) is 19.2 Å². The second kappa shape index (κ2) is 5.01. The van der Waals surface area contributed by atoms with Crippen molar-refractivity contribution >= 4 is 16.7 Å². The Morgan fingerprint density at radius 1 is 1.47 bits per heavy atom. The highest BCUT2D eigenvalue weighted by molar-refractivity contribution is 6.09. The summed E-state index contributed by atoms with van der Waals surface area (Å²) in [5, 5.41) is 3.94. The average molecular weight is 232 g/mol. The highest BCUT2D eigenvalue weighted by Gasteiger charge is 2.13. The molecule has 0 saturated heterocycles. The molecule has 0 spiro atoms. The highest BCUT2D eigenvalue weighted by Crippen LogP contribution is 2.26. The summed E-state index contributed by atoms with van der Waals surface area (Å²) in [4.78, 5) is 15.0. The van der Waals surface area contributed by atoms with E-state index in [0.29, 0.717) is 12.1 Å². The first kappa shape index (κ1) is 11.7. The van der Waals surface area contributed by atoms with E-state index < -0.39 is 0 Å². The van der Waals surface area contributed by atoms with E-state index in [1.54, 1.807) is 13.3 Å². The minimum Gasteiger partial charge on any atom is -0.495 e. The van der Waals surface area contributed by atoms with Crippen LogP contribution in [0.15, 0.2) is 24.4 Å². The SMILES string of the molecule is CCNCC(=O)c1c[nH]c2c(OC)cccc12. The number of hydrogen-bond acceptors (Lipinski definition) is 3. The van der Waals surface area contributed by atoms with Gasteiger partial charge in [0, 0.05) is 17.1 Å². The molecule has 0 aliphatic heterocycles. The number of likely N-dealkylation sites (N-methyl/N-ethyl adjacent to an activating group) is 1. The quantitative estimate of drug-likeness (QED) is 0.775. The number of para-hydroxylation sites is 1. The zero-order valence-corrected chi connectivity index (χ0v) is 10.0. The maximum Gasteiger partial charge on any atom is 0.178 e. The van der Waals surface area contributed by atoms with Crippen LogP contribution in [-0.2, 0) is 0 Å². The second-order valence-corrected chi connectivity index (χ2v) is 3.79. The van der Waals surface area contributed by atoms with Crippen LogP contribution in [0, 0.1) is 0 Å². The van der Waals surface area contributed by atoms with Gasteiger partial charge >= 0.3 is 0 Å². The number of ether oxygens (including phenoxy) is 1. The Labute approximate surface area is 100.0 Å². The van der Waals surface area contributed by atoms with E-state index in [0.717, 1.165) is 23.2 Å². The number of nitrogens with one attached hydrogen (secondary N) is 2. The molecule has 17 heavy (non-hydrogen) atoms. The number of aromatic amines is 1. The lowest BCUT2D eigenvalue weighted by atomic mass is 10.1. The molecule has 2 rings (SSSR count). The highest BCUT2D eigenvalue weighted by atomic mass is 16.5. The number of carbonyl (C=O) groups excluding carboxylic acids is 1.